The maximum Gasteiger partial charge on any atom is 0.325 e. The molecule has 0 aliphatic heterocycles. The van der Waals surface area contributed by atoms with Gasteiger partial charge in [0, 0.05) is 11.7 Å². The Bertz CT molecular complexity index is 478. The van der Waals surface area contributed by atoms with Gasteiger partial charge in [-0.25, -0.2) is 0 Å². The molecule has 0 heterocycles. The summed E-state index contributed by atoms with van der Waals surface area (Å²) in [5, 5.41) is 0. The Morgan fingerprint density at radius 1 is 1.35 bits per heavy atom. The molecule has 1 rings (SSSR count). The lowest BCUT2D eigenvalue weighted by molar-refractivity contribution is -0.144. The van der Waals surface area contributed by atoms with Crippen molar-refractivity contribution in [3.05, 3.63) is 29.3 Å². The smallest absolute Gasteiger partial charge is 0.325 e. The molecule has 0 aromatic heterocycles. The minimum Gasteiger partial charge on any atom is -0.465 e. The summed E-state index contributed by atoms with van der Waals surface area (Å²) in [4.78, 5) is 25.7. The van der Waals surface area contributed by atoms with E-state index in [0.29, 0.717) is 17.9 Å². The molecule has 110 valence electrons. The second-order valence-corrected chi connectivity index (χ2v) is 4.87. The number of benzene rings is 1. The van der Waals surface area contributed by atoms with E-state index in [1.807, 2.05) is 26.8 Å². The van der Waals surface area contributed by atoms with Gasteiger partial charge in [0.05, 0.1) is 12.2 Å². The van der Waals surface area contributed by atoms with E-state index < -0.39 is 5.97 Å². The topological polar surface area (TPSA) is 72.6 Å². The standard InChI is InChI=1S/C15H22N2O3/c1-5-20-13(18)9-17(10(2)3)15(19)14-11(4)7-6-8-12(14)16/h6-8,10H,5,9,16H2,1-4H3. The zero-order chi connectivity index (χ0) is 15.3. The van der Waals surface area contributed by atoms with Gasteiger partial charge in [-0.15, -0.1) is 0 Å². The molecular weight excluding hydrogens is 256 g/mol. The zero-order valence-electron chi connectivity index (χ0n) is 12.5. The van der Waals surface area contributed by atoms with Crippen LogP contribution in [0, 0.1) is 6.92 Å². The van der Waals surface area contributed by atoms with Gasteiger partial charge >= 0.3 is 5.97 Å². The molecule has 0 radical (unpaired) electrons. The number of nitrogens with two attached hydrogens (primary N) is 1. The van der Waals surface area contributed by atoms with Crippen molar-refractivity contribution in [3.8, 4) is 0 Å². The molecule has 0 saturated carbocycles. The average molecular weight is 278 g/mol. The Morgan fingerprint density at radius 3 is 2.50 bits per heavy atom. The third-order valence-corrected chi connectivity index (χ3v) is 3.01. The van der Waals surface area contributed by atoms with Crippen molar-refractivity contribution in [2.45, 2.75) is 33.7 Å². The maximum atomic E-state index is 12.6. The van der Waals surface area contributed by atoms with E-state index in [2.05, 4.69) is 0 Å². The Morgan fingerprint density at radius 2 is 2.00 bits per heavy atom. The number of nitrogens with zero attached hydrogens (tertiary/aromatic N) is 1. The van der Waals surface area contributed by atoms with Gasteiger partial charge < -0.3 is 15.4 Å². The molecule has 0 fully saturated rings. The van der Waals surface area contributed by atoms with Crippen molar-refractivity contribution >= 4 is 17.6 Å². The van der Waals surface area contributed by atoms with Crippen LogP contribution in [-0.2, 0) is 9.53 Å². The Kier molecular flexibility index (Phi) is 5.55. The van der Waals surface area contributed by atoms with Crippen molar-refractivity contribution in [3.63, 3.8) is 0 Å². The number of aryl methyl sites for hydroxylation is 1. The first kappa shape index (κ1) is 16.0. The number of carbonyl (C=O) groups is 2. The normalized spacial score (nSPS) is 10.4. The van der Waals surface area contributed by atoms with Gasteiger partial charge in [-0.2, -0.15) is 0 Å². The average Bonchev–Trinajstić information content (AvgIpc) is 2.35. The number of hydrogen-bond acceptors (Lipinski definition) is 4. The molecule has 0 atom stereocenters. The van der Waals surface area contributed by atoms with Crippen molar-refractivity contribution in [2.75, 3.05) is 18.9 Å². The summed E-state index contributed by atoms with van der Waals surface area (Å²) >= 11 is 0. The second-order valence-electron chi connectivity index (χ2n) is 4.87. The monoisotopic (exact) mass is 278 g/mol. The van der Waals surface area contributed by atoms with Gasteiger partial charge in [0.25, 0.3) is 5.91 Å². The third-order valence-electron chi connectivity index (χ3n) is 3.01. The molecule has 20 heavy (non-hydrogen) atoms. The number of amides is 1. The van der Waals surface area contributed by atoms with Crippen LogP contribution in [0.3, 0.4) is 0 Å². The van der Waals surface area contributed by atoms with Crippen molar-refractivity contribution < 1.29 is 14.3 Å². The van der Waals surface area contributed by atoms with E-state index in [1.165, 1.54) is 4.90 Å². The lowest BCUT2D eigenvalue weighted by Crippen LogP contribution is -2.41. The quantitative estimate of drug-likeness (QED) is 0.660. The molecule has 0 aliphatic rings. The Hall–Kier alpha value is -2.04. The van der Waals surface area contributed by atoms with Crippen LogP contribution in [0.15, 0.2) is 18.2 Å². The molecule has 0 saturated heterocycles. The molecule has 0 spiro atoms. The number of anilines is 1. The van der Waals surface area contributed by atoms with Gasteiger partial charge in [0.15, 0.2) is 0 Å². The van der Waals surface area contributed by atoms with Gasteiger partial charge in [-0.05, 0) is 39.3 Å². The van der Waals surface area contributed by atoms with Crippen LogP contribution in [0.4, 0.5) is 5.69 Å². The van der Waals surface area contributed by atoms with Crippen molar-refractivity contribution in [2.24, 2.45) is 0 Å². The van der Waals surface area contributed by atoms with E-state index in [1.54, 1.807) is 19.1 Å². The molecule has 5 nitrogen and oxygen atoms in total. The van der Waals surface area contributed by atoms with Gasteiger partial charge in [0.2, 0.25) is 0 Å². The molecule has 0 aliphatic carbocycles. The number of nitrogen functional groups attached to an aromatic ring is 1. The fourth-order valence-corrected chi connectivity index (χ4v) is 1.96. The SMILES string of the molecule is CCOC(=O)CN(C(=O)c1c(C)cccc1N)C(C)C. The van der Waals surface area contributed by atoms with Crippen LogP contribution >= 0.6 is 0 Å². The first-order chi connectivity index (χ1) is 9.38. The second kappa shape index (κ2) is 6.93. The van der Waals surface area contributed by atoms with Crippen molar-refractivity contribution in [1.82, 2.24) is 4.90 Å². The predicted molar refractivity (Wildman–Crippen MR) is 78.4 cm³/mol. The first-order valence-electron chi connectivity index (χ1n) is 6.70. The van der Waals surface area contributed by atoms with Crippen LogP contribution in [0.5, 0.6) is 0 Å². The number of esters is 1. The Balaban J connectivity index is 3.03. The molecule has 2 N–H and O–H groups in total. The highest BCUT2D eigenvalue weighted by Gasteiger charge is 2.24. The molecular formula is C15H22N2O3. The summed E-state index contributed by atoms with van der Waals surface area (Å²) < 4.78 is 4.90. The fraction of sp³-hybridized carbons (Fsp3) is 0.467. The van der Waals surface area contributed by atoms with E-state index in [4.69, 9.17) is 10.5 Å². The van der Waals surface area contributed by atoms with E-state index in [-0.39, 0.29) is 18.5 Å². The highest BCUT2D eigenvalue weighted by atomic mass is 16.5. The van der Waals surface area contributed by atoms with Crippen LogP contribution in [0.25, 0.3) is 0 Å². The van der Waals surface area contributed by atoms with Crippen LogP contribution in [0.2, 0.25) is 0 Å². The lowest BCUT2D eigenvalue weighted by atomic mass is 10.0. The molecule has 0 bridgehead atoms. The summed E-state index contributed by atoms with van der Waals surface area (Å²) in [5.74, 6) is -0.662. The fourth-order valence-electron chi connectivity index (χ4n) is 1.96. The summed E-state index contributed by atoms with van der Waals surface area (Å²) in [6.07, 6.45) is 0. The molecule has 1 aromatic carbocycles. The third kappa shape index (κ3) is 3.73. The number of carbonyl (C=O) groups excluding carboxylic acids is 2. The molecule has 0 unspecified atom stereocenters. The number of rotatable bonds is 5. The van der Waals surface area contributed by atoms with Crippen LogP contribution in [0.1, 0.15) is 36.7 Å². The molecule has 1 aromatic rings. The van der Waals surface area contributed by atoms with Crippen LogP contribution in [-0.4, -0.2) is 36.0 Å². The van der Waals surface area contributed by atoms with E-state index in [9.17, 15) is 9.59 Å². The van der Waals surface area contributed by atoms with Gasteiger partial charge in [0.1, 0.15) is 6.54 Å². The molecule has 5 heteroatoms. The minimum absolute atomic E-state index is 0.0713. The first-order valence-corrected chi connectivity index (χ1v) is 6.70. The number of ether oxygens (including phenoxy) is 1. The zero-order valence-corrected chi connectivity index (χ0v) is 12.5. The van der Waals surface area contributed by atoms with E-state index >= 15 is 0 Å². The van der Waals surface area contributed by atoms with Crippen molar-refractivity contribution in [1.29, 1.82) is 0 Å². The summed E-state index contributed by atoms with van der Waals surface area (Å²) in [7, 11) is 0. The lowest BCUT2D eigenvalue weighted by Gasteiger charge is -2.27. The van der Waals surface area contributed by atoms with Gasteiger partial charge in [-0.1, -0.05) is 12.1 Å². The Labute approximate surface area is 119 Å². The highest BCUT2D eigenvalue weighted by molar-refractivity contribution is 6.01. The van der Waals surface area contributed by atoms with Gasteiger partial charge in [-0.3, -0.25) is 9.59 Å². The van der Waals surface area contributed by atoms with E-state index in [0.717, 1.165) is 5.56 Å². The minimum atomic E-state index is -0.415. The summed E-state index contributed by atoms with van der Waals surface area (Å²) in [5.41, 5.74) is 7.55. The molecule has 1 amide bonds. The number of hydrogen-bond donors (Lipinski definition) is 1. The predicted octanol–water partition coefficient (Wildman–Crippen LogP) is 1.99. The largest absolute Gasteiger partial charge is 0.465 e. The maximum absolute atomic E-state index is 12.6. The highest BCUT2D eigenvalue weighted by Crippen LogP contribution is 2.19. The summed E-state index contributed by atoms with van der Waals surface area (Å²) in [6.45, 7) is 7.49. The van der Waals surface area contributed by atoms with Crippen LogP contribution < -0.4 is 5.73 Å². The summed E-state index contributed by atoms with van der Waals surface area (Å²) in [6, 6.07) is 5.19.